The average molecular weight is 866 g/mol. The summed E-state index contributed by atoms with van der Waals surface area (Å²) in [5.41, 5.74) is 5.37. The molecule has 0 aromatic carbocycles. The molecule has 60 heavy (non-hydrogen) atoms. The van der Waals surface area contributed by atoms with Crippen LogP contribution in [0.4, 0.5) is 0 Å². The zero-order valence-corrected chi connectivity index (χ0v) is 38.9. The molecule has 0 radical (unpaired) electrons. The van der Waals surface area contributed by atoms with Gasteiger partial charge in [-0.15, -0.1) is 0 Å². The van der Waals surface area contributed by atoms with Gasteiger partial charge in [0.05, 0.1) is 19.8 Å². The summed E-state index contributed by atoms with van der Waals surface area (Å²) in [6, 6.07) is -1.48. The summed E-state index contributed by atoms with van der Waals surface area (Å²) in [6.45, 7) is 3.75. The lowest BCUT2D eigenvalue weighted by Gasteiger charge is -2.20. The lowest BCUT2D eigenvalue weighted by molar-refractivity contribution is -0.154. The highest BCUT2D eigenvalue weighted by Crippen LogP contribution is 2.43. The van der Waals surface area contributed by atoms with Gasteiger partial charge in [0.2, 0.25) is 0 Å². The second-order valence-electron chi connectivity index (χ2n) is 15.9. The SMILES string of the molecule is CC/C=C\C/C=C\C/C=C\C/C=C\CCCCCCCCCCC(=O)OC(COCCCCCCCC/C=C\CCCCCCCCC)COP(=O)(O)OCC(N)C(=O)O. The molecule has 0 aromatic rings. The molecule has 348 valence electrons. The van der Waals surface area contributed by atoms with Gasteiger partial charge in [0.15, 0.2) is 0 Å². The normalized spacial score (nSPS) is 14.3. The Balaban J connectivity index is 4.21. The monoisotopic (exact) mass is 866 g/mol. The molecule has 0 saturated heterocycles. The van der Waals surface area contributed by atoms with Gasteiger partial charge in [0.1, 0.15) is 12.1 Å². The third kappa shape index (κ3) is 43.7. The number of rotatable bonds is 45. The molecule has 0 spiro atoms. The zero-order valence-electron chi connectivity index (χ0n) is 38.0. The fourth-order valence-corrected chi connectivity index (χ4v) is 7.13. The minimum Gasteiger partial charge on any atom is -0.480 e. The Hall–Kier alpha value is -2.33. The van der Waals surface area contributed by atoms with Gasteiger partial charge in [-0.2, -0.15) is 0 Å². The number of allylic oxidation sites excluding steroid dienone is 10. The molecule has 0 aliphatic heterocycles. The van der Waals surface area contributed by atoms with E-state index >= 15 is 0 Å². The van der Waals surface area contributed by atoms with Gasteiger partial charge >= 0.3 is 19.8 Å². The summed E-state index contributed by atoms with van der Waals surface area (Å²) in [5, 5.41) is 8.91. The van der Waals surface area contributed by atoms with Crippen LogP contribution in [0.5, 0.6) is 0 Å². The van der Waals surface area contributed by atoms with E-state index in [9.17, 15) is 19.0 Å². The summed E-state index contributed by atoms with van der Waals surface area (Å²) in [5.74, 6) is -1.79. The number of unbranched alkanes of at least 4 members (excludes halogenated alkanes) is 21. The van der Waals surface area contributed by atoms with Crippen LogP contribution in [-0.4, -0.2) is 60.5 Å². The summed E-state index contributed by atoms with van der Waals surface area (Å²) < 4.78 is 33.4. The molecule has 0 fully saturated rings. The summed E-state index contributed by atoms with van der Waals surface area (Å²) >= 11 is 0. The maximum Gasteiger partial charge on any atom is 0.472 e. The Morgan fingerprint density at radius 2 is 0.967 bits per heavy atom. The van der Waals surface area contributed by atoms with Crippen molar-refractivity contribution < 1.29 is 42.7 Å². The van der Waals surface area contributed by atoms with Crippen LogP contribution in [0.25, 0.3) is 0 Å². The Bertz CT molecular complexity index is 1190. The van der Waals surface area contributed by atoms with E-state index in [0.717, 1.165) is 77.0 Å². The van der Waals surface area contributed by atoms with Crippen LogP contribution in [0.15, 0.2) is 60.8 Å². The summed E-state index contributed by atoms with van der Waals surface area (Å²) in [7, 11) is -4.63. The van der Waals surface area contributed by atoms with Gasteiger partial charge in [-0.05, 0) is 77.0 Å². The molecule has 0 aromatic heterocycles. The molecule has 0 bridgehead atoms. The molecule has 3 unspecified atom stereocenters. The van der Waals surface area contributed by atoms with Crippen LogP contribution in [-0.2, 0) is 32.7 Å². The molecular formula is C49H88NO9P. The number of hydrogen-bond donors (Lipinski definition) is 3. The molecule has 0 amide bonds. The van der Waals surface area contributed by atoms with Crippen molar-refractivity contribution in [3.05, 3.63) is 60.8 Å². The Morgan fingerprint density at radius 1 is 0.550 bits per heavy atom. The predicted molar refractivity (Wildman–Crippen MR) is 249 cm³/mol. The average Bonchev–Trinajstić information content (AvgIpc) is 3.23. The van der Waals surface area contributed by atoms with Crippen molar-refractivity contribution in [2.24, 2.45) is 5.73 Å². The van der Waals surface area contributed by atoms with Crippen molar-refractivity contribution in [2.45, 2.75) is 212 Å². The highest BCUT2D eigenvalue weighted by Gasteiger charge is 2.27. The third-order valence-corrected chi connectivity index (χ3v) is 11.0. The van der Waals surface area contributed by atoms with Crippen molar-refractivity contribution in [1.82, 2.24) is 0 Å². The molecule has 0 rings (SSSR count). The summed E-state index contributed by atoms with van der Waals surface area (Å²) in [6.07, 6.45) is 54.1. The first-order chi connectivity index (χ1) is 29.2. The standard InChI is InChI=1S/C49H88NO9P/c1-3-5-7-9-11-13-15-17-19-21-22-23-24-25-27-29-31-33-35-37-39-41-48(51)59-46(44-57-60(54,55)58-45-47(50)49(52)53)43-56-42-40-38-36-34-32-30-28-26-20-18-16-14-12-10-8-6-4-2/h5,7,11,13,17,19-20,22-23,26,46-47H,3-4,6,8-10,12,14-16,18,21,24-25,27-45,50H2,1-2H3,(H,52,53)(H,54,55)/b7-5-,13-11-,19-17-,23-22-,26-20-. The Kier molecular flexibility index (Phi) is 43.0. The molecule has 0 aliphatic rings. The van der Waals surface area contributed by atoms with Crippen molar-refractivity contribution >= 4 is 19.8 Å². The van der Waals surface area contributed by atoms with Gasteiger partial charge in [0.25, 0.3) is 0 Å². The zero-order chi connectivity index (χ0) is 44.0. The Morgan fingerprint density at radius 3 is 1.47 bits per heavy atom. The van der Waals surface area contributed by atoms with E-state index in [2.05, 4.69) is 74.6 Å². The van der Waals surface area contributed by atoms with Crippen LogP contribution in [0.1, 0.15) is 200 Å². The molecule has 0 heterocycles. The first kappa shape index (κ1) is 57.7. The first-order valence-corrected chi connectivity index (χ1v) is 25.3. The highest BCUT2D eigenvalue weighted by atomic mass is 31.2. The van der Waals surface area contributed by atoms with Gasteiger partial charge in [-0.25, -0.2) is 4.57 Å². The second-order valence-corrected chi connectivity index (χ2v) is 17.3. The smallest absolute Gasteiger partial charge is 0.472 e. The van der Waals surface area contributed by atoms with Crippen molar-refractivity contribution in [3.63, 3.8) is 0 Å². The number of carboxylic acids is 1. The van der Waals surface area contributed by atoms with Crippen molar-refractivity contribution in [2.75, 3.05) is 26.4 Å². The number of hydrogen-bond acceptors (Lipinski definition) is 8. The number of carboxylic acid groups (broad SMARTS) is 1. The topological polar surface area (TPSA) is 155 Å². The van der Waals surface area contributed by atoms with E-state index in [4.69, 9.17) is 29.4 Å². The predicted octanol–water partition coefficient (Wildman–Crippen LogP) is 13.6. The van der Waals surface area contributed by atoms with Crippen LogP contribution in [0, 0.1) is 0 Å². The fraction of sp³-hybridized carbons (Fsp3) is 0.755. The van der Waals surface area contributed by atoms with Crippen LogP contribution < -0.4 is 5.73 Å². The van der Waals surface area contributed by atoms with E-state index in [1.54, 1.807) is 0 Å². The molecule has 4 N–H and O–H groups in total. The molecular weight excluding hydrogens is 778 g/mol. The molecule has 11 heteroatoms. The van der Waals surface area contributed by atoms with Gasteiger partial charge < -0.3 is 25.2 Å². The third-order valence-electron chi connectivity index (χ3n) is 10.0. The number of aliphatic carboxylic acids is 1. The number of phosphoric acid groups is 1. The maximum atomic E-state index is 12.7. The minimum absolute atomic E-state index is 0.00779. The van der Waals surface area contributed by atoms with Gasteiger partial charge in [-0.1, -0.05) is 177 Å². The highest BCUT2D eigenvalue weighted by molar-refractivity contribution is 7.47. The number of phosphoric ester groups is 1. The van der Waals surface area contributed by atoms with E-state index in [0.29, 0.717) is 13.0 Å². The van der Waals surface area contributed by atoms with Crippen molar-refractivity contribution in [3.8, 4) is 0 Å². The fourth-order valence-electron chi connectivity index (χ4n) is 6.35. The lowest BCUT2D eigenvalue weighted by atomic mass is 10.1. The number of nitrogens with two attached hydrogens (primary N) is 1. The maximum absolute atomic E-state index is 12.7. The van der Waals surface area contributed by atoms with Crippen LogP contribution in [0.3, 0.4) is 0 Å². The number of carbonyl (C=O) groups excluding carboxylic acids is 1. The molecule has 0 saturated carbocycles. The largest absolute Gasteiger partial charge is 0.480 e. The van der Waals surface area contributed by atoms with E-state index in [-0.39, 0.29) is 13.0 Å². The van der Waals surface area contributed by atoms with Crippen LogP contribution >= 0.6 is 7.82 Å². The minimum atomic E-state index is -4.63. The Labute approximate surface area is 366 Å². The van der Waals surface area contributed by atoms with E-state index in [1.165, 1.54) is 96.3 Å². The van der Waals surface area contributed by atoms with Gasteiger partial charge in [-0.3, -0.25) is 18.6 Å². The lowest BCUT2D eigenvalue weighted by Crippen LogP contribution is -2.34. The van der Waals surface area contributed by atoms with E-state index < -0.39 is 45.1 Å². The number of esters is 1. The number of ether oxygens (including phenoxy) is 2. The number of carbonyl (C=O) groups is 2. The van der Waals surface area contributed by atoms with E-state index in [1.807, 2.05) is 0 Å². The van der Waals surface area contributed by atoms with Crippen LogP contribution in [0.2, 0.25) is 0 Å². The first-order valence-electron chi connectivity index (χ1n) is 23.8. The second kappa shape index (κ2) is 44.7. The van der Waals surface area contributed by atoms with Gasteiger partial charge in [0, 0.05) is 13.0 Å². The molecule has 10 nitrogen and oxygen atoms in total. The van der Waals surface area contributed by atoms with Crippen molar-refractivity contribution in [1.29, 1.82) is 0 Å². The summed E-state index contributed by atoms with van der Waals surface area (Å²) in [4.78, 5) is 33.6. The molecule has 3 atom stereocenters. The molecule has 0 aliphatic carbocycles. The quantitative estimate of drug-likeness (QED) is 0.0233.